The van der Waals surface area contributed by atoms with E-state index in [4.69, 9.17) is 9.47 Å². The molecule has 0 aliphatic carbocycles. The maximum absolute atomic E-state index is 14.4. The molecule has 8 nitrogen and oxygen atoms in total. The summed E-state index contributed by atoms with van der Waals surface area (Å²) in [4.78, 5) is 4.42. The second kappa shape index (κ2) is 9.97. The zero-order chi connectivity index (χ0) is 24.3. The third-order valence-corrected chi connectivity index (χ3v) is 6.78. The molecule has 0 N–H and O–H groups in total. The first kappa shape index (κ1) is 23.9. The van der Waals surface area contributed by atoms with Crippen molar-refractivity contribution < 1.29 is 13.9 Å². The number of aromatic nitrogens is 4. The lowest BCUT2D eigenvalue weighted by Crippen LogP contribution is -2.49. The van der Waals surface area contributed by atoms with Crippen molar-refractivity contribution in [3.63, 3.8) is 0 Å². The quantitative estimate of drug-likeness (QED) is 0.497. The van der Waals surface area contributed by atoms with Crippen LogP contribution in [0.3, 0.4) is 0 Å². The zero-order valence-corrected chi connectivity index (χ0v) is 20.5. The molecule has 3 aromatic rings. The molecule has 0 radical (unpaired) electrons. The summed E-state index contributed by atoms with van der Waals surface area (Å²) in [5, 5.41) is 12.9. The summed E-state index contributed by atoms with van der Waals surface area (Å²) in [5.74, 6) is 1.87. The molecule has 0 amide bonds. The van der Waals surface area contributed by atoms with Gasteiger partial charge in [-0.2, -0.15) is 0 Å². The van der Waals surface area contributed by atoms with Crippen molar-refractivity contribution >= 4 is 5.69 Å². The number of para-hydroxylation sites is 2. The van der Waals surface area contributed by atoms with E-state index in [2.05, 4.69) is 46.1 Å². The number of tetrazole rings is 1. The largest absolute Gasteiger partial charge is 0.493 e. The standard InChI is InChI=1S/C25H33FN6O2/c1-6-25(2,3)32-24(27-28-29-32)22(18-10-9-13-21(33-4)23(18)34-5)31-16-14-30(15-17-31)20-12-8-7-11-19(20)26/h7-13,22H,6,14-17H2,1-5H3/t22-/m0/s1. The van der Waals surface area contributed by atoms with Gasteiger partial charge in [0.15, 0.2) is 17.3 Å². The molecule has 1 atom stereocenters. The first-order chi connectivity index (χ1) is 16.4. The molecule has 0 unspecified atom stereocenters. The maximum Gasteiger partial charge on any atom is 0.173 e. The Bertz CT molecular complexity index is 1110. The molecule has 1 aromatic heterocycles. The number of halogens is 1. The van der Waals surface area contributed by atoms with E-state index >= 15 is 0 Å². The topological polar surface area (TPSA) is 68.5 Å². The Labute approximate surface area is 200 Å². The van der Waals surface area contributed by atoms with Crippen LogP contribution in [-0.4, -0.2) is 65.5 Å². The van der Waals surface area contributed by atoms with Gasteiger partial charge in [-0.1, -0.05) is 31.2 Å². The van der Waals surface area contributed by atoms with Gasteiger partial charge in [-0.25, -0.2) is 9.07 Å². The van der Waals surface area contributed by atoms with Gasteiger partial charge >= 0.3 is 0 Å². The first-order valence-electron chi connectivity index (χ1n) is 11.6. The number of piperazine rings is 1. The average Bonchev–Trinajstić information content (AvgIpc) is 3.35. The van der Waals surface area contributed by atoms with Gasteiger partial charge < -0.3 is 14.4 Å². The van der Waals surface area contributed by atoms with Crippen LogP contribution in [-0.2, 0) is 5.54 Å². The number of hydrogen-bond acceptors (Lipinski definition) is 7. The van der Waals surface area contributed by atoms with Gasteiger partial charge in [-0.05, 0) is 48.9 Å². The monoisotopic (exact) mass is 468 g/mol. The molecular formula is C25H33FN6O2. The molecule has 0 saturated carbocycles. The highest BCUT2D eigenvalue weighted by molar-refractivity contribution is 5.50. The predicted octanol–water partition coefficient (Wildman–Crippen LogP) is 3.89. The molecule has 0 bridgehead atoms. The molecule has 1 aliphatic rings. The highest BCUT2D eigenvalue weighted by atomic mass is 19.1. The minimum absolute atomic E-state index is 0.199. The summed E-state index contributed by atoms with van der Waals surface area (Å²) in [6.45, 7) is 9.16. The molecule has 34 heavy (non-hydrogen) atoms. The maximum atomic E-state index is 14.4. The minimum Gasteiger partial charge on any atom is -0.493 e. The summed E-state index contributed by atoms with van der Waals surface area (Å²) >= 11 is 0. The Morgan fingerprint density at radius 2 is 1.74 bits per heavy atom. The van der Waals surface area contributed by atoms with Crippen LogP contribution in [0.5, 0.6) is 11.5 Å². The van der Waals surface area contributed by atoms with E-state index in [1.54, 1.807) is 20.3 Å². The second-order valence-electron chi connectivity index (χ2n) is 9.07. The van der Waals surface area contributed by atoms with Crippen LogP contribution in [0.4, 0.5) is 10.1 Å². The number of ether oxygens (including phenoxy) is 2. The molecule has 2 aromatic carbocycles. The van der Waals surface area contributed by atoms with E-state index in [1.807, 2.05) is 35.0 Å². The van der Waals surface area contributed by atoms with Gasteiger partial charge in [-0.15, -0.1) is 5.10 Å². The smallest absolute Gasteiger partial charge is 0.173 e. The van der Waals surface area contributed by atoms with Crippen molar-refractivity contribution in [2.45, 2.75) is 38.8 Å². The summed E-state index contributed by atoms with van der Waals surface area (Å²) in [7, 11) is 3.28. The van der Waals surface area contributed by atoms with Crippen LogP contribution >= 0.6 is 0 Å². The third-order valence-electron chi connectivity index (χ3n) is 6.78. The van der Waals surface area contributed by atoms with Crippen molar-refractivity contribution in [3.8, 4) is 11.5 Å². The summed E-state index contributed by atoms with van der Waals surface area (Å²) in [6, 6.07) is 12.5. The van der Waals surface area contributed by atoms with Crippen LogP contribution in [0.1, 0.15) is 44.6 Å². The molecule has 0 spiro atoms. The second-order valence-corrected chi connectivity index (χ2v) is 9.07. The predicted molar refractivity (Wildman–Crippen MR) is 129 cm³/mol. The molecule has 1 saturated heterocycles. The lowest BCUT2D eigenvalue weighted by molar-refractivity contribution is 0.183. The number of rotatable bonds is 8. The number of anilines is 1. The van der Waals surface area contributed by atoms with E-state index < -0.39 is 0 Å². The normalized spacial score (nSPS) is 15.9. The van der Waals surface area contributed by atoms with Crippen molar-refractivity contribution in [2.24, 2.45) is 0 Å². The Morgan fingerprint density at radius 3 is 2.38 bits per heavy atom. The van der Waals surface area contributed by atoms with E-state index in [0.717, 1.165) is 17.8 Å². The lowest BCUT2D eigenvalue weighted by Gasteiger charge is -2.41. The van der Waals surface area contributed by atoms with Crippen LogP contribution in [0.25, 0.3) is 0 Å². The van der Waals surface area contributed by atoms with Crippen molar-refractivity contribution in [1.82, 2.24) is 25.1 Å². The van der Waals surface area contributed by atoms with Gasteiger partial charge in [-0.3, -0.25) is 4.90 Å². The fourth-order valence-corrected chi connectivity index (χ4v) is 4.50. The Balaban J connectivity index is 1.74. The van der Waals surface area contributed by atoms with E-state index in [0.29, 0.717) is 43.4 Å². The lowest BCUT2D eigenvalue weighted by atomic mass is 9.98. The number of nitrogens with zero attached hydrogens (tertiary/aromatic N) is 6. The Kier molecular flexibility index (Phi) is 7.02. The fourth-order valence-electron chi connectivity index (χ4n) is 4.50. The van der Waals surface area contributed by atoms with Crippen LogP contribution in [0.2, 0.25) is 0 Å². The van der Waals surface area contributed by atoms with Gasteiger partial charge in [0.25, 0.3) is 0 Å². The van der Waals surface area contributed by atoms with Crippen LogP contribution in [0, 0.1) is 5.82 Å². The molecule has 4 rings (SSSR count). The van der Waals surface area contributed by atoms with Gasteiger partial charge in [0.05, 0.1) is 25.4 Å². The number of benzene rings is 2. The SMILES string of the molecule is CCC(C)(C)n1nnnc1[C@H](c1cccc(OC)c1OC)N1CCN(c2ccccc2F)CC1. The third kappa shape index (κ3) is 4.44. The van der Waals surface area contributed by atoms with Crippen LogP contribution < -0.4 is 14.4 Å². The summed E-state index contributed by atoms with van der Waals surface area (Å²) in [5.41, 5.74) is 1.30. The molecule has 1 aliphatic heterocycles. The first-order valence-corrected chi connectivity index (χ1v) is 11.6. The van der Waals surface area contributed by atoms with E-state index in [-0.39, 0.29) is 17.4 Å². The molecular weight excluding hydrogens is 435 g/mol. The van der Waals surface area contributed by atoms with Crippen molar-refractivity contribution in [3.05, 3.63) is 59.7 Å². The van der Waals surface area contributed by atoms with Crippen molar-refractivity contribution in [1.29, 1.82) is 0 Å². The van der Waals surface area contributed by atoms with E-state index in [9.17, 15) is 4.39 Å². The Hall–Kier alpha value is -3.20. The zero-order valence-electron chi connectivity index (χ0n) is 20.5. The summed E-state index contributed by atoms with van der Waals surface area (Å²) < 4.78 is 27.7. The Morgan fingerprint density at radius 1 is 1.00 bits per heavy atom. The van der Waals surface area contributed by atoms with Gasteiger partial charge in [0, 0.05) is 31.7 Å². The van der Waals surface area contributed by atoms with Crippen molar-refractivity contribution in [2.75, 3.05) is 45.3 Å². The molecule has 9 heteroatoms. The van der Waals surface area contributed by atoms with Gasteiger partial charge in [0.1, 0.15) is 11.9 Å². The molecule has 182 valence electrons. The van der Waals surface area contributed by atoms with E-state index in [1.165, 1.54) is 6.07 Å². The summed E-state index contributed by atoms with van der Waals surface area (Å²) in [6.07, 6.45) is 0.869. The number of hydrogen-bond donors (Lipinski definition) is 0. The number of methoxy groups -OCH3 is 2. The van der Waals surface area contributed by atoms with Gasteiger partial charge in [0.2, 0.25) is 0 Å². The minimum atomic E-state index is -0.266. The van der Waals surface area contributed by atoms with Crippen LogP contribution in [0.15, 0.2) is 42.5 Å². The highest BCUT2D eigenvalue weighted by Gasteiger charge is 2.36. The highest BCUT2D eigenvalue weighted by Crippen LogP contribution is 2.41. The fraction of sp³-hybridized carbons (Fsp3) is 0.480. The average molecular weight is 469 g/mol. The molecule has 1 fully saturated rings. The molecule has 2 heterocycles.